The Hall–Kier alpha value is -5.32. The molecule has 0 aliphatic rings. The predicted octanol–water partition coefficient (Wildman–Crippen LogP) is 10.9. The van der Waals surface area contributed by atoms with E-state index in [1.165, 1.54) is 15.5 Å². The lowest BCUT2D eigenvalue weighted by molar-refractivity contribution is 0.670. The normalized spacial score (nSPS) is 11.8. The zero-order valence-corrected chi connectivity index (χ0v) is 23.2. The smallest absolute Gasteiger partial charge is 0.160 e. The lowest BCUT2D eigenvalue weighted by atomic mass is 9.97. The molecule has 3 aromatic heterocycles. The molecule has 3 nitrogen and oxygen atoms in total. The minimum atomic E-state index is 0.725. The second-order valence-electron chi connectivity index (χ2n) is 10.6. The van der Waals surface area contributed by atoms with E-state index in [0.29, 0.717) is 0 Å². The zero-order valence-electron chi connectivity index (χ0n) is 22.4. The Morgan fingerprint density at radius 3 is 2.24 bits per heavy atom. The molecular weight excluding hydrogens is 532 g/mol. The number of para-hydroxylation sites is 1. The van der Waals surface area contributed by atoms with Gasteiger partial charge in [0.05, 0.1) is 15.9 Å². The summed E-state index contributed by atoms with van der Waals surface area (Å²) in [6.07, 6.45) is 0. The number of fused-ring (bicyclic) bond motifs is 7. The van der Waals surface area contributed by atoms with Gasteiger partial charge in [-0.2, -0.15) is 0 Å². The third-order valence-electron chi connectivity index (χ3n) is 8.09. The summed E-state index contributed by atoms with van der Waals surface area (Å²) in [7, 11) is 0. The number of hydrogen-bond donors (Lipinski definition) is 0. The molecule has 0 radical (unpaired) electrons. The van der Waals surface area contributed by atoms with Crippen molar-refractivity contribution in [2.24, 2.45) is 0 Å². The molecular formula is C38H22N2OS. The molecule has 3 heterocycles. The van der Waals surface area contributed by atoms with E-state index in [0.717, 1.165) is 71.3 Å². The molecule has 0 amide bonds. The van der Waals surface area contributed by atoms with Gasteiger partial charge in [0.15, 0.2) is 5.82 Å². The fourth-order valence-electron chi connectivity index (χ4n) is 6.12. The topological polar surface area (TPSA) is 38.9 Å². The first-order valence-corrected chi connectivity index (χ1v) is 14.8. The van der Waals surface area contributed by atoms with Crippen LogP contribution in [0, 0.1) is 0 Å². The molecule has 0 spiro atoms. The summed E-state index contributed by atoms with van der Waals surface area (Å²) in [4.78, 5) is 10.3. The average molecular weight is 555 g/mol. The van der Waals surface area contributed by atoms with Crippen LogP contribution in [-0.2, 0) is 0 Å². The van der Waals surface area contributed by atoms with Gasteiger partial charge in [-0.15, -0.1) is 11.3 Å². The van der Waals surface area contributed by atoms with Crippen molar-refractivity contribution >= 4 is 64.4 Å². The highest BCUT2D eigenvalue weighted by Gasteiger charge is 2.21. The number of furan rings is 1. The minimum absolute atomic E-state index is 0.725. The quantitative estimate of drug-likeness (QED) is 0.218. The van der Waals surface area contributed by atoms with Crippen LogP contribution < -0.4 is 0 Å². The fraction of sp³-hybridized carbons (Fsp3) is 0. The Bertz CT molecular complexity index is 2470. The van der Waals surface area contributed by atoms with E-state index in [-0.39, 0.29) is 0 Å². The summed E-state index contributed by atoms with van der Waals surface area (Å²) in [6.45, 7) is 0. The van der Waals surface area contributed by atoms with Crippen LogP contribution in [0.2, 0.25) is 0 Å². The van der Waals surface area contributed by atoms with E-state index in [1.807, 2.05) is 18.2 Å². The van der Waals surface area contributed by atoms with E-state index >= 15 is 0 Å². The highest BCUT2D eigenvalue weighted by atomic mass is 32.1. The maximum Gasteiger partial charge on any atom is 0.160 e. The first-order chi connectivity index (χ1) is 20.8. The number of rotatable bonds is 3. The highest BCUT2D eigenvalue weighted by Crippen LogP contribution is 2.44. The lowest BCUT2D eigenvalue weighted by Crippen LogP contribution is -1.93. The van der Waals surface area contributed by atoms with Gasteiger partial charge in [-0.1, -0.05) is 115 Å². The van der Waals surface area contributed by atoms with Crippen molar-refractivity contribution in [3.05, 3.63) is 133 Å². The second-order valence-corrected chi connectivity index (χ2v) is 11.6. The first-order valence-electron chi connectivity index (χ1n) is 14.0. The summed E-state index contributed by atoms with van der Waals surface area (Å²) >= 11 is 1.75. The molecule has 4 heteroatoms. The molecule has 42 heavy (non-hydrogen) atoms. The Kier molecular flexibility index (Phi) is 5.07. The third kappa shape index (κ3) is 3.52. The molecule has 0 aliphatic carbocycles. The van der Waals surface area contributed by atoms with Gasteiger partial charge in [0, 0.05) is 37.5 Å². The van der Waals surface area contributed by atoms with Crippen molar-refractivity contribution in [3.8, 4) is 33.8 Å². The van der Waals surface area contributed by atoms with Gasteiger partial charge in [0.2, 0.25) is 0 Å². The molecule has 9 aromatic rings. The van der Waals surface area contributed by atoms with Crippen molar-refractivity contribution in [2.75, 3.05) is 0 Å². The van der Waals surface area contributed by atoms with Gasteiger partial charge >= 0.3 is 0 Å². The van der Waals surface area contributed by atoms with E-state index in [9.17, 15) is 0 Å². The number of aromatic nitrogens is 2. The molecule has 0 unspecified atom stereocenters. The van der Waals surface area contributed by atoms with Crippen LogP contribution in [0.3, 0.4) is 0 Å². The molecule has 9 rings (SSSR count). The number of thiophene rings is 1. The Labute approximate surface area is 245 Å². The van der Waals surface area contributed by atoms with Crippen LogP contribution in [0.25, 0.3) is 86.8 Å². The van der Waals surface area contributed by atoms with Crippen molar-refractivity contribution in [1.29, 1.82) is 0 Å². The van der Waals surface area contributed by atoms with E-state index in [4.69, 9.17) is 14.4 Å². The van der Waals surface area contributed by atoms with Gasteiger partial charge < -0.3 is 4.42 Å². The minimum Gasteiger partial charge on any atom is -0.455 e. The van der Waals surface area contributed by atoms with Crippen LogP contribution in [-0.4, -0.2) is 9.97 Å². The molecule has 0 aliphatic heterocycles. The summed E-state index contributed by atoms with van der Waals surface area (Å²) < 4.78 is 8.95. The van der Waals surface area contributed by atoms with Crippen LogP contribution in [0.15, 0.2) is 138 Å². The molecule has 0 fully saturated rings. The van der Waals surface area contributed by atoms with E-state index in [1.54, 1.807) is 11.3 Å². The summed E-state index contributed by atoms with van der Waals surface area (Å²) in [5.74, 6) is 0.725. The summed E-state index contributed by atoms with van der Waals surface area (Å²) in [5, 5.41) is 5.75. The van der Waals surface area contributed by atoms with Crippen molar-refractivity contribution in [2.45, 2.75) is 0 Å². The Morgan fingerprint density at radius 2 is 1.31 bits per heavy atom. The number of benzene rings is 6. The Morgan fingerprint density at radius 1 is 0.548 bits per heavy atom. The Balaban J connectivity index is 1.35. The van der Waals surface area contributed by atoms with E-state index in [2.05, 4.69) is 115 Å². The maximum atomic E-state index is 6.66. The largest absolute Gasteiger partial charge is 0.455 e. The number of hydrogen-bond acceptors (Lipinski definition) is 4. The molecule has 0 atom stereocenters. The van der Waals surface area contributed by atoms with Crippen LogP contribution in [0.5, 0.6) is 0 Å². The predicted molar refractivity (Wildman–Crippen MR) is 176 cm³/mol. The van der Waals surface area contributed by atoms with Gasteiger partial charge in [0.1, 0.15) is 11.2 Å². The zero-order chi connectivity index (χ0) is 27.6. The van der Waals surface area contributed by atoms with Gasteiger partial charge in [-0.05, 0) is 34.5 Å². The second kappa shape index (κ2) is 9.10. The molecule has 6 aromatic carbocycles. The number of nitrogens with zero attached hydrogens (tertiary/aromatic N) is 2. The molecule has 0 N–H and O–H groups in total. The lowest BCUT2D eigenvalue weighted by Gasteiger charge is -2.08. The summed E-state index contributed by atoms with van der Waals surface area (Å²) in [5.41, 5.74) is 7.94. The monoisotopic (exact) mass is 554 g/mol. The molecule has 0 saturated carbocycles. The SMILES string of the molecule is c1ccc(-c2nc(-c3cccc4oc5c(-c6ccc7ccccc7c6)cccc5c34)c3sc4ccccc4c3n2)cc1. The van der Waals surface area contributed by atoms with Crippen molar-refractivity contribution in [1.82, 2.24) is 9.97 Å². The molecule has 0 bridgehead atoms. The van der Waals surface area contributed by atoms with Crippen molar-refractivity contribution in [3.63, 3.8) is 0 Å². The summed E-state index contributed by atoms with van der Waals surface area (Å²) in [6, 6.07) is 46.5. The van der Waals surface area contributed by atoms with Crippen LogP contribution >= 0.6 is 11.3 Å². The highest BCUT2D eigenvalue weighted by molar-refractivity contribution is 7.26. The maximum absolute atomic E-state index is 6.66. The molecule has 196 valence electrons. The standard InChI is InChI=1S/C38H22N2OS/c1-2-11-24(12-3-1)38-39-34-28-14-6-7-19-32(28)42-37(34)35(40-38)29-16-9-18-31-33(29)30-17-8-15-27(36(30)41-31)26-21-20-23-10-4-5-13-25(23)22-26/h1-22H. The van der Waals surface area contributed by atoms with Gasteiger partial charge in [0.25, 0.3) is 0 Å². The third-order valence-corrected chi connectivity index (χ3v) is 9.26. The van der Waals surface area contributed by atoms with Gasteiger partial charge in [-0.3, -0.25) is 0 Å². The fourth-order valence-corrected chi connectivity index (χ4v) is 7.26. The van der Waals surface area contributed by atoms with Gasteiger partial charge in [-0.25, -0.2) is 9.97 Å². The molecule has 0 saturated heterocycles. The average Bonchev–Trinajstić information content (AvgIpc) is 3.63. The van der Waals surface area contributed by atoms with Crippen LogP contribution in [0.4, 0.5) is 0 Å². The van der Waals surface area contributed by atoms with Crippen molar-refractivity contribution < 1.29 is 4.42 Å². The van der Waals surface area contributed by atoms with E-state index < -0.39 is 0 Å². The van der Waals surface area contributed by atoms with Crippen LogP contribution in [0.1, 0.15) is 0 Å². The first kappa shape index (κ1) is 23.4.